The van der Waals surface area contributed by atoms with Crippen LogP contribution in [0.2, 0.25) is 0 Å². The summed E-state index contributed by atoms with van der Waals surface area (Å²) in [6.45, 7) is 2.16. The van der Waals surface area contributed by atoms with Gasteiger partial charge in [-0.3, -0.25) is 0 Å². The van der Waals surface area contributed by atoms with Crippen LogP contribution in [0.15, 0.2) is 30.3 Å². The smallest absolute Gasteiger partial charge is 0.183 e. The van der Waals surface area contributed by atoms with Gasteiger partial charge in [-0.2, -0.15) is 0 Å². The van der Waals surface area contributed by atoms with Crippen LogP contribution in [0, 0.1) is 5.21 Å². The summed E-state index contributed by atoms with van der Waals surface area (Å²) in [6.07, 6.45) is -0.459. The topological polar surface area (TPSA) is 64.8 Å². The van der Waals surface area contributed by atoms with Crippen molar-refractivity contribution in [2.24, 2.45) is 0 Å². The van der Waals surface area contributed by atoms with E-state index in [9.17, 15) is 10.3 Å². The number of ether oxygens (including phenoxy) is 2. The predicted octanol–water partition coefficient (Wildman–Crippen LogP) is 0.890. The number of aliphatic hydroxyl groups is 1. The van der Waals surface area contributed by atoms with Crippen molar-refractivity contribution in [2.45, 2.75) is 32.0 Å². The van der Waals surface area contributed by atoms with Gasteiger partial charge in [0.25, 0.3) is 0 Å². The van der Waals surface area contributed by atoms with Crippen molar-refractivity contribution in [1.29, 1.82) is 0 Å². The Balaban J connectivity index is 1.99. The predicted molar refractivity (Wildman–Crippen MR) is 66.1 cm³/mol. The molecular formula is C13H17NO4. The lowest BCUT2D eigenvalue weighted by molar-refractivity contribution is -0.474. The molecule has 1 aliphatic rings. The molecule has 2 rings (SSSR count). The molecule has 0 bridgehead atoms. The van der Waals surface area contributed by atoms with Gasteiger partial charge in [0.15, 0.2) is 25.2 Å². The Kier molecular flexibility index (Phi) is 4.30. The second-order valence-electron chi connectivity index (χ2n) is 4.28. The molecule has 1 aromatic rings. The second kappa shape index (κ2) is 5.95. The molecule has 0 saturated carbocycles. The average molecular weight is 251 g/mol. The van der Waals surface area contributed by atoms with Gasteiger partial charge in [-0.25, -0.2) is 4.74 Å². The van der Waals surface area contributed by atoms with Gasteiger partial charge in [0.1, 0.15) is 6.10 Å². The first-order valence-electron chi connectivity index (χ1n) is 5.93. The third-order valence-corrected chi connectivity index (χ3v) is 2.72. The van der Waals surface area contributed by atoms with E-state index >= 15 is 0 Å². The van der Waals surface area contributed by atoms with E-state index in [2.05, 4.69) is 0 Å². The number of hydrogen-bond donors (Lipinski definition) is 1. The molecule has 0 spiro atoms. The molecule has 3 atom stereocenters. The summed E-state index contributed by atoms with van der Waals surface area (Å²) in [5.41, 5.74) is 0.915. The first kappa shape index (κ1) is 13.0. The van der Waals surface area contributed by atoms with Gasteiger partial charge in [0.2, 0.25) is 0 Å². The van der Waals surface area contributed by atoms with Gasteiger partial charge in [-0.15, -0.1) is 0 Å². The number of rotatable bonds is 3. The fraction of sp³-hybridized carbons (Fsp3) is 0.462. The molecule has 5 heteroatoms. The second-order valence-corrected chi connectivity index (χ2v) is 4.28. The Morgan fingerprint density at radius 1 is 1.44 bits per heavy atom. The highest BCUT2D eigenvalue weighted by molar-refractivity contribution is 5.59. The van der Waals surface area contributed by atoms with Crippen LogP contribution >= 0.6 is 0 Å². The first-order valence-corrected chi connectivity index (χ1v) is 5.93. The average Bonchev–Trinajstić information content (AvgIpc) is 2.35. The molecule has 18 heavy (non-hydrogen) atoms. The molecule has 0 radical (unpaired) electrons. The summed E-state index contributed by atoms with van der Waals surface area (Å²) < 4.78 is 11.2. The van der Waals surface area contributed by atoms with Crippen LogP contribution in [0.25, 0.3) is 0 Å². The van der Waals surface area contributed by atoms with E-state index in [4.69, 9.17) is 9.47 Å². The lowest BCUT2D eigenvalue weighted by Crippen LogP contribution is -2.44. The molecule has 98 valence electrons. The van der Waals surface area contributed by atoms with Gasteiger partial charge < -0.3 is 19.8 Å². The summed E-state index contributed by atoms with van der Waals surface area (Å²) in [5.74, 6) is 0. The highest BCUT2D eigenvalue weighted by Crippen LogP contribution is 2.11. The molecular weight excluding hydrogens is 234 g/mol. The maximum atomic E-state index is 11.8. The standard InChI is InChI=1S/C13H17NO4/c1-10-17-9-12(15)13(18-10)8-14(16)7-11-5-3-2-4-6-11/h2-6,8,10,12-13,15H,7,9H2,1H3/b14-8-/t10-,12-,13+/m1/s1. The van der Waals surface area contributed by atoms with Crippen molar-refractivity contribution in [3.63, 3.8) is 0 Å². The van der Waals surface area contributed by atoms with Crippen LogP contribution in [0.4, 0.5) is 0 Å². The number of nitrogens with zero attached hydrogens (tertiary/aromatic N) is 1. The summed E-state index contributed by atoms with van der Waals surface area (Å²) >= 11 is 0. The van der Waals surface area contributed by atoms with E-state index in [0.717, 1.165) is 10.3 Å². The van der Waals surface area contributed by atoms with E-state index in [-0.39, 0.29) is 13.2 Å². The third-order valence-electron chi connectivity index (χ3n) is 2.72. The summed E-state index contributed by atoms with van der Waals surface area (Å²) in [5, 5.41) is 21.4. The molecule has 0 aliphatic carbocycles. The Morgan fingerprint density at radius 3 is 2.89 bits per heavy atom. The van der Waals surface area contributed by atoms with Crippen LogP contribution in [-0.4, -0.2) is 41.2 Å². The molecule has 1 heterocycles. The van der Waals surface area contributed by atoms with E-state index in [0.29, 0.717) is 0 Å². The van der Waals surface area contributed by atoms with E-state index < -0.39 is 18.5 Å². The minimum atomic E-state index is -0.798. The van der Waals surface area contributed by atoms with E-state index in [1.807, 2.05) is 30.3 Å². The molecule has 0 aromatic heterocycles. The largest absolute Gasteiger partial charge is 0.624 e. The summed E-state index contributed by atoms with van der Waals surface area (Å²) in [6, 6.07) is 9.41. The number of aliphatic hydroxyl groups excluding tert-OH is 1. The molecule has 1 aromatic carbocycles. The van der Waals surface area contributed by atoms with Gasteiger partial charge >= 0.3 is 0 Å². The van der Waals surface area contributed by atoms with Crippen molar-refractivity contribution in [1.82, 2.24) is 0 Å². The third kappa shape index (κ3) is 3.53. The highest BCUT2D eigenvalue weighted by Gasteiger charge is 2.29. The maximum Gasteiger partial charge on any atom is 0.183 e. The molecule has 1 saturated heterocycles. The zero-order chi connectivity index (χ0) is 13.0. The molecule has 0 amide bonds. The number of benzene rings is 1. The zero-order valence-electron chi connectivity index (χ0n) is 10.2. The molecule has 1 fully saturated rings. The van der Waals surface area contributed by atoms with E-state index in [1.165, 1.54) is 6.21 Å². The van der Waals surface area contributed by atoms with Crippen molar-refractivity contribution in [3.8, 4) is 0 Å². The van der Waals surface area contributed by atoms with Crippen LogP contribution in [0.1, 0.15) is 12.5 Å². The quantitative estimate of drug-likeness (QED) is 0.375. The molecule has 0 unspecified atom stereocenters. The monoisotopic (exact) mass is 251 g/mol. The number of hydrogen-bond acceptors (Lipinski definition) is 4. The van der Waals surface area contributed by atoms with Crippen LogP contribution in [0.3, 0.4) is 0 Å². The Labute approximate surface area is 106 Å². The minimum Gasteiger partial charge on any atom is -0.624 e. The summed E-state index contributed by atoms with van der Waals surface area (Å²) in [7, 11) is 0. The maximum absolute atomic E-state index is 11.8. The minimum absolute atomic E-state index is 0.182. The normalized spacial score (nSPS) is 29.2. The molecule has 5 nitrogen and oxygen atoms in total. The number of hydroxylamine groups is 1. The molecule has 1 N–H and O–H groups in total. The Morgan fingerprint density at radius 2 is 2.17 bits per heavy atom. The fourth-order valence-corrected chi connectivity index (χ4v) is 1.79. The Bertz CT molecular complexity index is 407. The van der Waals surface area contributed by atoms with Crippen molar-refractivity contribution in [2.75, 3.05) is 6.61 Å². The highest BCUT2D eigenvalue weighted by atomic mass is 16.7. The first-order chi connectivity index (χ1) is 8.65. The van der Waals surface area contributed by atoms with Gasteiger partial charge in [-0.1, -0.05) is 30.3 Å². The SMILES string of the molecule is C[C@@H]1OC[C@@H](O)[C@H](/C=[N+](\[O-])Cc2ccccc2)O1. The van der Waals surface area contributed by atoms with Crippen molar-refractivity contribution >= 4 is 6.21 Å². The lowest BCUT2D eigenvalue weighted by atomic mass is 10.2. The van der Waals surface area contributed by atoms with Crippen molar-refractivity contribution in [3.05, 3.63) is 41.1 Å². The van der Waals surface area contributed by atoms with Gasteiger partial charge in [0, 0.05) is 5.56 Å². The summed E-state index contributed by atoms with van der Waals surface area (Å²) in [4.78, 5) is 0. The fourth-order valence-electron chi connectivity index (χ4n) is 1.79. The Hall–Kier alpha value is -1.43. The van der Waals surface area contributed by atoms with Crippen LogP contribution in [0.5, 0.6) is 0 Å². The lowest BCUT2D eigenvalue weighted by Gasteiger charge is -2.29. The van der Waals surface area contributed by atoms with Crippen molar-refractivity contribution < 1.29 is 19.3 Å². The van der Waals surface area contributed by atoms with E-state index in [1.54, 1.807) is 6.92 Å². The van der Waals surface area contributed by atoms with Crippen LogP contribution < -0.4 is 0 Å². The van der Waals surface area contributed by atoms with Gasteiger partial charge in [-0.05, 0) is 6.92 Å². The molecule has 1 aliphatic heterocycles. The van der Waals surface area contributed by atoms with Gasteiger partial charge in [0.05, 0.1) is 6.61 Å². The van der Waals surface area contributed by atoms with Crippen LogP contribution in [-0.2, 0) is 16.0 Å². The zero-order valence-corrected chi connectivity index (χ0v) is 10.2.